The van der Waals surface area contributed by atoms with Gasteiger partial charge in [-0.3, -0.25) is 0 Å². The molecule has 100 valence electrons. The van der Waals surface area contributed by atoms with E-state index in [0.717, 1.165) is 8.81 Å². The predicted molar refractivity (Wildman–Crippen MR) is 86.1 cm³/mol. The zero-order valence-electron chi connectivity index (χ0n) is 10.6. The third-order valence-corrected chi connectivity index (χ3v) is 6.34. The lowest BCUT2D eigenvalue weighted by Crippen LogP contribution is -2.17. The number of halogens is 2. The van der Waals surface area contributed by atoms with Crippen LogP contribution < -0.4 is 5.32 Å². The Morgan fingerprint density at radius 2 is 2.11 bits per heavy atom. The second kappa shape index (κ2) is 5.57. The maximum absolute atomic E-state index is 6.15. The molecule has 1 nitrogen and oxygen atoms in total. The highest BCUT2D eigenvalue weighted by atomic mass is 79.9. The molecule has 19 heavy (non-hydrogen) atoms. The summed E-state index contributed by atoms with van der Waals surface area (Å²) in [6.07, 6.45) is 1.25. The molecule has 3 rings (SSSR count). The van der Waals surface area contributed by atoms with Gasteiger partial charge in [0.05, 0.1) is 0 Å². The van der Waals surface area contributed by atoms with Crippen molar-refractivity contribution in [2.75, 3.05) is 7.05 Å². The summed E-state index contributed by atoms with van der Waals surface area (Å²) in [4.78, 5) is 1.32. The normalized spacial score (nSPS) is 23.3. The molecule has 3 unspecified atom stereocenters. The highest BCUT2D eigenvalue weighted by Gasteiger charge is 2.44. The van der Waals surface area contributed by atoms with E-state index in [1.54, 1.807) is 11.3 Å². The summed E-state index contributed by atoms with van der Waals surface area (Å²) >= 11 is 11.3. The first-order valence-corrected chi connectivity index (χ1v) is 8.36. The minimum Gasteiger partial charge on any atom is -0.312 e. The summed E-state index contributed by atoms with van der Waals surface area (Å²) in [5.74, 6) is 1.35. The average molecular weight is 357 g/mol. The first kappa shape index (κ1) is 13.6. The highest BCUT2D eigenvalue weighted by molar-refractivity contribution is 9.10. The highest BCUT2D eigenvalue weighted by Crippen LogP contribution is 2.55. The average Bonchev–Trinajstić information content (AvgIpc) is 3.13. The Morgan fingerprint density at radius 1 is 1.37 bits per heavy atom. The van der Waals surface area contributed by atoms with Gasteiger partial charge in [0.2, 0.25) is 0 Å². The van der Waals surface area contributed by atoms with Gasteiger partial charge < -0.3 is 5.32 Å². The predicted octanol–water partition coefficient (Wildman–Crippen LogP) is 5.23. The van der Waals surface area contributed by atoms with Crippen molar-refractivity contribution < 1.29 is 0 Å². The van der Waals surface area contributed by atoms with Crippen molar-refractivity contribution in [3.8, 4) is 0 Å². The largest absolute Gasteiger partial charge is 0.312 e. The smallest absolute Gasteiger partial charge is 0.107 e. The van der Waals surface area contributed by atoms with Gasteiger partial charge in [-0.1, -0.05) is 41.9 Å². The van der Waals surface area contributed by atoms with Gasteiger partial charge in [-0.05, 0) is 52.9 Å². The summed E-state index contributed by atoms with van der Waals surface area (Å²) in [5.41, 5.74) is 1.45. The third kappa shape index (κ3) is 2.75. The SMILES string of the molecule is CNC(c1cc(Br)c(Cl)s1)C1CC1c1ccccc1. The van der Waals surface area contributed by atoms with Crippen molar-refractivity contribution in [3.05, 3.63) is 55.6 Å². The van der Waals surface area contributed by atoms with E-state index in [4.69, 9.17) is 11.6 Å². The minimum absolute atomic E-state index is 0.402. The van der Waals surface area contributed by atoms with Crippen LogP contribution in [-0.4, -0.2) is 7.05 Å². The molecule has 0 radical (unpaired) electrons. The molecule has 2 aromatic rings. The van der Waals surface area contributed by atoms with Crippen LogP contribution in [0.4, 0.5) is 0 Å². The van der Waals surface area contributed by atoms with E-state index in [2.05, 4.69) is 57.6 Å². The van der Waals surface area contributed by atoms with E-state index in [0.29, 0.717) is 17.9 Å². The molecule has 1 heterocycles. The Balaban J connectivity index is 1.78. The van der Waals surface area contributed by atoms with Crippen LogP contribution in [-0.2, 0) is 0 Å². The minimum atomic E-state index is 0.402. The van der Waals surface area contributed by atoms with Crippen molar-refractivity contribution in [1.82, 2.24) is 5.32 Å². The molecule has 4 heteroatoms. The second-order valence-corrected chi connectivity index (χ2v) is 7.49. The van der Waals surface area contributed by atoms with Crippen molar-refractivity contribution in [3.63, 3.8) is 0 Å². The molecular weight excluding hydrogens is 342 g/mol. The van der Waals surface area contributed by atoms with E-state index < -0.39 is 0 Å². The molecule has 1 saturated carbocycles. The fourth-order valence-electron chi connectivity index (χ4n) is 2.75. The molecular formula is C15H15BrClNS. The van der Waals surface area contributed by atoms with E-state index in [1.807, 2.05) is 7.05 Å². The fraction of sp³-hybridized carbons (Fsp3) is 0.333. The number of thiophene rings is 1. The Bertz CT molecular complexity index is 549. The molecule has 1 aliphatic carbocycles. The van der Waals surface area contributed by atoms with Crippen molar-refractivity contribution >= 4 is 38.9 Å². The van der Waals surface area contributed by atoms with Gasteiger partial charge in [-0.15, -0.1) is 11.3 Å². The molecule has 1 aromatic heterocycles. The molecule has 0 aliphatic heterocycles. The molecule has 1 N–H and O–H groups in total. The number of hydrogen-bond acceptors (Lipinski definition) is 2. The van der Waals surface area contributed by atoms with E-state index >= 15 is 0 Å². The van der Waals surface area contributed by atoms with E-state index in [9.17, 15) is 0 Å². The van der Waals surface area contributed by atoms with Crippen LogP contribution in [0.15, 0.2) is 40.9 Å². The third-order valence-electron chi connectivity index (χ3n) is 3.78. The lowest BCUT2D eigenvalue weighted by atomic mass is 10.0. The summed E-state index contributed by atoms with van der Waals surface area (Å²) < 4.78 is 1.85. The quantitative estimate of drug-likeness (QED) is 0.791. The van der Waals surface area contributed by atoms with Crippen LogP contribution in [0.3, 0.4) is 0 Å². The number of nitrogens with one attached hydrogen (secondary N) is 1. The summed E-state index contributed by atoms with van der Waals surface area (Å²) in [6.45, 7) is 0. The van der Waals surface area contributed by atoms with E-state index in [-0.39, 0.29) is 0 Å². The Morgan fingerprint density at radius 3 is 2.68 bits per heavy atom. The number of hydrogen-bond donors (Lipinski definition) is 1. The van der Waals surface area contributed by atoms with Gasteiger partial charge in [0.15, 0.2) is 0 Å². The van der Waals surface area contributed by atoms with Crippen LogP contribution in [0.25, 0.3) is 0 Å². The van der Waals surface area contributed by atoms with E-state index in [1.165, 1.54) is 16.9 Å². The fourth-order valence-corrected chi connectivity index (χ4v) is 4.67. The zero-order valence-corrected chi connectivity index (χ0v) is 13.7. The van der Waals surface area contributed by atoms with Crippen molar-refractivity contribution in [2.45, 2.75) is 18.4 Å². The summed E-state index contributed by atoms with van der Waals surface area (Å²) in [5, 5.41) is 3.45. The molecule has 1 fully saturated rings. The van der Waals surface area contributed by atoms with Crippen LogP contribution in [0.1, 0.15) is 28.8 Å². The Hall–Kier alpha value is -0.350. The molecule has 0 amide bonds. The first-order chi connectivity index (χ1) is 9.20. The van der Waals surface area contributed by atoms with Crippen molar-refractivity contribution in [1.29, 1.82) is 0 Å². The van der Waals surface area contributed by atoms with Crippen LogP contribution in [0.2, 0.25) is 4.34 Å². The van der Waals surface area contributed by atoms with Gasteiger partial charge in [0, 0.05) is 15.4 Å². The molecule has 3 atom stereocenters. The monoisotopic (exact) mass is 355 g/mol. The topological polar surface area (TPSA) is 12.0 Å². The summed E-state index contributed by atoms with van der Waals surface area (Å²) in [7, 11) is 2.03. The van der Waals surface area contributed by atoms with Gasteiger partial charge in [-0.25, -0.2) is 0 Å². The molecule has 1 aromatic carbocycles. The number of benzene rings is 1. The molecule has 0 spiro atoms. The summed E-state index contributed by atoms with van der Waals surface area (Å²) in [6, 6.07) is 13.3. The second-order valence-electron chi connectivity index (χ2n) is 4.95. The lowest BCUT2D eigenvalue weighted by molar-refractivity contribution is 0.526. The lowest BCUT2D eigenvalue weighted by Gasteiger charge is -2.14. The van der Waals surface area contributed by atoms with Crippen LogP contribution in [0, 0.1) is 5.92 Å². The maximum atomic E-state index is 6.15. The van der Waals surface area contributed by atoms with Gasteiger partial charge >= 0.3 is 0 Å². The Labute approximate surface area is 131 Å². The molecule has 0 saturated heterocycles. The van der Waals surface area contributed by atoms with Gasteiger partial charge in [0.1, 0.15) is 4.34 Å². The number of rotatable bonds is 4. The van der Waals surface area contributed by atoms with Crippen LogP contribution in [0.5, 0.6) is 0 Å². The Kier molecular flexibility index (Phi) is 3.99. The maximum Gasteiger partial charge on any atom is 0.107 e. The first-order valence-electron chi connectivity index (χ1n) is 6.37. The van der Waals surface area contributed by atoms with Gasteiger partial charge in [-0.2, -0.15) is 0 Å². The standard InChI is InChI=1S/C15H15BrClNS/c1-18-14(13-8-12(16)15(17)19-13)11-7-10(11)9-5-3-2-4-6-9/h2-6,8,10-11,14,18H,7H2,1H3. The van der Waals surface area contributed by atoms with Gasteiger partial charge in [0.25, 0.3) is 0 Å². The molecule has 1 aliphatic rings. The van der Waals surface area contributed by atoms with Crippen LogP contribution >= 0.6 is 38.9 Å². The molecule has 0 bridgehead atoms. The zero-order chi connectivity index (χ0) is 13.4. The van der Waals surface area contributed by atoms with Crippen molar-refractivity contribution in [2.24, 2.45) is 5.92 Å².